The first kappa shape index (κ1) is 16.6. The lowest BCUT2D eigenvalue weighted by atomic mass is 10.1. The Morgan fingerprint density at radius 1 is 1.25 bits per heavy atom. The van der Waals surface area contributed by atoms with Crippen LogP contribution in [0.2, 0.25) is 0 Å². The lowest BCUT2D eigenvalue weighted by molar-refractivity contribution is -0.111. The van der Waals surface area contributed by atoms with Crippen molar-refractivity contribution in [3.63, 3.8) is 0 Å². The number of amides is 1. The van der Waals surface area contributed by atoms with Crippen molar-refractivity contribution in [1.82, 2.24) is 15.0 Å². The summed E-state index contributed by atoms with van der Waals surface area (Å²) in [6, 6.07) is 4.17. The van der Waals surface area contributed by atoms with E-state index in [-0.39, 0.29) is 5.91 Å². The van der Waals surface area contributed by atoms with E-state index < -0.39 is 0 Å². The van der Waals surface area contributed by atoms with Gasteiger partial charge in [-0.15, -0.1) is 0 Å². The molecular formula is C17H16N4OS2. The van der Waals surface area contributed by atoms with Gasteiger partial charge in [0.2, 0.25) is 5.91 Å². The predicted molar refractivity (Wildman–Crippen MR) is 101 cm³/mol. The molecule has 0 aliphatic rings. The largest absolute Gasteiger partial charge is 0.298 e. The van der Waals surface area contributed by atoms with Gasteiger partial charge in [-0.1, -0.05) is 29.2 Å². The van der Waals surface area contributed by atoms with Crippen LogP contribution in [0, 0.1) is 13.8 Å². The van der Waals surface area contributed by atoms with Gasteiger partial charge in [0.25, 0.3) is 0 Å². The third kappa shape index (κ3) is 3.80. The number of hydrogen-bond acceptors (Lipinski definition) is 6. The highest BCUT2D eigenvalue weighted by Crippen LogP contribution is 2.29. The van der Waals surface area contributed by atoms with Crippen molar-refractivity contribution in [3.05, 3.63) is 47.3 Å². The molecule has 1 aromatic carbocycles. The monoisotopic (exact) mass is 356 g/mol. The Bertz CT molecular complexity index is 916. The summed E-state index contributed by atoms with van der Waals surface area (Å²) in [5, 5.41) is 4.11. The quantitative estimate of drug-likeness (QED) is 0.433. The van der Waals surface area contributed by atoms with E-state index in [9.17, 15) is 4.79 Å². The van der Waals surface area contributed by atoms with Crippen LogP contribution in [0.1, 0.15) is 16.7 Å². The number of rotatable bonds is 4. The van der Waals surface area contributed by atoms with Gasteiger partial charge in [-0.2, -0.15) is 0 Å². The molecule has 2 heterocycles. The molecule has 5 nitrogen and oxygen atoms in total. The van der Waals surface area contributed by atoms with Crippen LogP contribution in [0.5, 0.6) is 0 Å². The van der Waals surface area contributed by atoms with Crippen molar-refractivity contribution in [2.24, 2.45) is 0 Å². The molecule has 3 aromatic rings. The minimum absolute atomic E-state index is 0.225. The van der Waals surface area contributed by atoms with Crippen molar-refractivity contribution in [1.29, 1.82) is 0 Å². The van der Waals surface area contributed by atoms with E-state index in [4.69, 9.17) is 0 Å². The van der Waals surface area contributed by atoms with E-state index in [0.717, 1.165) is 21.3 Å². The van der Waals surface area contributed by atoms with Crippen LogP contribution in [0.4, 0.5) is 5.13 Å². The van der Waals surface area contributed by atoms with Crippen LogP contribution in [0.25, 0.3) is 16.3 Å². The number of thiazole rings is 1. The van der Waals surface area contributed by atoms with Crippen molar-refractivity contribution in [2.45, 2.75) is 19.0 Å². The first-order chi connectivity index (χ1) is 11.5. The first-order valence-electron chi connectivity index (χ1n) is 7.28. The van der Waals surface area contributed by atoms with Gasteiger partial charge in [-0.3, -0.25) is 10.1 Å². The maximum atomic E-state index is 12.1. The van der Waals surface area contributed by atoms with Gasteiger partial charge >= 0.3 is 0 Å². The zero-order valence-corrected chi connectivity index (χ0v) is 15.2. The van der Waals surface area contributed by atoms with Crippen LogP contribution < -0.4 is 5.32 Å². The number of nitrogens with one attached hydrogen (secondary N) is 1. The summed E-state index contributed by atoms with van der Waals surface area (Å²) in [4.78, 5) is 24.9. The predicted octanol–water partition coefficient (Wildman–Crippen LogP) is 4.08. The molecule has 2 aromatic heterocycles. The molecule has 3 rings (SSSR count). The molecule has 0 radical (unpaired) electrons. The highest BCUT2D eigenvalue weighted by atomic mass is 32.2. The Labute approximate surface area is 148 Å². The van der Waals surface area contributed by atoms with Crippen molar-refractivity contribution in [2.75, 3.05) is 11.6 Å². The van der Waals surface area contributed by atoms with Crippen molar-refractivity contribution >= 4 is 50.4 Å². The fourth-order valence-corrected chi connectivity index (χ4v) is 3.62. The van der Waals surface area contributed by atoms with E-state index in [1.165, 1.54) is 34.7 Å². The summed E-state index contributed by atoms with van der Waals surface area (Å²) in [7, 11) is 0. The van der Waals surface area contributed by atoms with Crippen LogP contribution >= 0.6 is 23.1 Å². The van der Waals surface area contributed by atoms with Gasteiger partial charge in [0.15, 0.2) is 10.3 Å². The Hall–Kier alpha value is -2.25. The van der Waals surface area contributed by atoms with Gasteiger partial charge in [-0.05, 0) is 43.4 Å². The Balaban J connectivity index is 1.72. The highest BCUT2D eigenvalue weighted by molar-refractivity contribution is 7.98. The van der Waals surface area contributed by atoms with Crippen LogP contribution in [-0.2, 0) is 4.79 Å². The molecule has 0 atom stereocenters. The minimum atomic E-state index is -0.225. The Morgan fingerprint density at radius 2 is 2.00 bits per heavy atom. The summed E-state index contributed by atoms with van der Waals surface area (Å²) < 4.78 is 1.08. The number of carbonyl (C=O) groups excluding carboxylic acids is 1. The minimum Gasteiger partial charge on any atom is -0.298 e. The van der Waals surface area contributed by atoms with Crippen LogP contribution in [0.3, 0.4) is 0 Å². The van der Waals surface area contributed by atoms with E-state index in [1.54, 1.807) is 18.5 Å². The SMILES string of the molecule is CSc1ncc(/C=C/C(=O)Nc2nc3c(C)cc(C)cc3s2)cn1. The molecule has 7 heteroatoms. The zero-order chi connectivity index (χ0) is 17.1. The summed E-state index contributed by atoms with van der Waals surface area (Å²) in [6.07, 6.45) is 8.43. The molecule has 0 unspecified atom stereocenters. The normalized spacial score (nSPS) is 11.3. The molecule has 0 aliphatic heterocycles. The van der Waals surface area contributed by atoms with Gasteiger partial charge in [0, 0.05) is 24.0 Å². The third-order valence-electron chi connectivity index (χ3n) is 3.32. The van der Waals surface area contributed by atoms with E-state index in [1.807, 2.05) is 13.2 Å². The number of aromatic nitrogens is 3. The standard InChI is InChI=1S/C17H16N4OS2/c1-10-6-11(2)15-13(7-10)24-17(21-15)20-14(22)5-4-12-8-18-16(23-3)19-9-12/h4-9H,1-3H3,(H,20,21,22)/b5-4+. The second-order valence-corrected chi connectivity index (χ2v) is 7.08. The van der Waals surface area contributed by atoms with Gasteiger partial charge in [-0.25, -0.2) is 15.0 Å². The molecule has 0 saturated carbocycles. The zero-order valence-electron chi connectivity index (χ0n) is 13.5. The molecular weight excluding hydrogens is 340 g/mol. The molecule has 24 heavy (non-hydrogen) atoms. The number of benzene rings is 1. The van der Waals surface area contributed by atoms with Gasteiger partial charge < -0.3 is 0 Å². The number of carbonyl (C=O) groups is 1. The number of anilines is 1. The molecule has 0 aliphatic carbocycles. The fourth-order valence-electron chi connectivity index (χ4n) is 2.26. The second-order valence-electron chi connectivity index (χ2n) is 5.27. The second kappa shape index (κ2) is 7.11. The average molecular weight is 356 g/mol. The number of thioether (sulfide) groups is 1. The topological polar surface area (TPSA) is 67.8 Å². The first-order valence-corrected chi connectivity index (χ1v) is 9.32. The number of aryl methyl sites for hydroxylation is 2. The molecule has 122 valence electrons. The Morgan fingerprint density at radius 3 is 2.71 bits per heavy atom. The smallest absolute Gasteiger partial charge is 0.250 e. The molecule has 0 saturated heterocycles. The summed E-state index contributed by atoms with van der Waals surface area (Å²) in [5.41, 5.74) is 4.02. The molecule has 0 bridgehead atoms. The maximum Gasteiger partial charge on any atom is 0.250 e. The summed E-state index contributed by atoms with van der Waals surface area (Å²) >= 11 is 2.95. The van der Waals surface area contributed by atoms with Crippen LogP contribution in [-0.4, -0.2) is 27.1 Å². The van der Waals surface area contributed by atoms with Crippen LogP contribution in [0.15, 0.2) is 35.8 Å². The van der Waals surface area contributed by atoms with Crippen molar-refractivity contribution in [3.8, 4) is 0 Å². The molecule has 1 N–H and O–H groups in total. The maximum absolute atomic E-state index is 12.1. The third-order valence-corrected chi connectivity index (χ3v) is 4.81. The number of nitrogens with zero attached hydrogens (tertiary/aromatic N) is 3. The molecule has 0 fully saturated rings. The summed E-state index contributed by atoms with van der Waals surface area (Å²) in [5.74, 6) is -0.225. The molecule has 0 spiro atoms. The van der Waals surface area contributed by atoms with E-state index >= 15 is 0 Å². The van der Waals surface area contributed by atoms with E-state index in [0.29, 0.717) is 10.3 Å². The van der Waals surface area contributed by atoms with Gasteiger partial charge in [0.05, 0.1) is 10.2 Å². The fraction of sp³-hybridized carbons (Fsp3) is 0.176. The lowest BCUT2D eigenvalue weighted by Gasteiger charge is -1.97. The number of hydrogen-bond donors (Lipinski definition) is 1. The van der Waals surface area contributed by atoms with Gasteiger partial charge in [0.1, 0.15) is 0 Å². The molecule has 1 amide bonds. The number of fused-ring (bicyclic) bond motifs is 1. The summed E-state index contributed by atoms with van der Waals surface area (Å²) in [6.45, 7) is 4.08. The lowest BCUT2D eigenvalue weighted by Crippen LogP contribution is -2.07. The Kier molecular flexibility index (Phi) is 4.92. The average Bonchev–Trinajstić information content (AvgIpc) is 2.96. The van der Waals surface area contributed by atoms with E-state index in [2.05, 4.69) is 39.3 Å². The van der Waals surface area contributed by atoms with Crippen molar-refractivity contribution < 1.29 is 4.79 Å². The highest BCUT2D eigenvalue weighted by Gasteiger charge is 2.08.